The van der Waals surface area contributed by atoms with E-state index in [0.29, 0.717) is 16.7 Å². The summed E-state index contributed by atoms with van der Waals surface area (Å²) in [6, 6.07) is 12.7. The molecule has 0 saturated carbocycles. The van der Waals surface area contributed by atoms with Gasteiger partial charge in [-0.2, -0.15) is 0 Å². The minimum absolute atomic E-state index is 0.0437. The summed E-state index contributed by atoms with van der Waals surface area (Å²) < 4.78 is 106. The molecular formula is C34H26F6N2O3P+. The van der Waals surface area contributed by atoms with Crippen LogP contribution in [0.5, 0.6) is 0 Å². The molecular weight excluding hydrogens is 629 g/mol. The van der Waals surface area contributed by atoms with Gasteiger partial charge in [0.15, 0.2) is 31.9 Å². The van der Waals surface area contributed by atoms with Crippen LogP contribution in [0.1, 0.15) is 34.0 Å². The second-order valence-corrected chi connectivity index (χ2v) is 15.0. The van der Waals surface area contributed by atoms with Crippen molar-refractivity contribution in [1.82, 2.24) is 0 Å². The molecule has 0 spiro atoms. The Morgan fingerprint density at radius 3 is 2.24 bits per heavy atom. The lowest BCUT2D eigenvalue weighted by Gasteiger charge is -2.41. The van der Waals surface area contributed by atoms with Crippen LogP contribution in [0.2, 0.25) is 0 Å². The van der Waals surface area contributed by atoms with Crippen molar-refractivity contribution in [3.63, 3.8) is 0 Å². The predicted molar refractivity (Wildman–Crippen MR) is 163 cm³/mol. The molecule has 1 aliphatic carbocycles. The lowest BCUT2D eigenvalue weighted by Crippen LogP contribution is -2.56. The maximum absolute atomic E-state index is 16.2. The highest BCUT2D eigenvalue weighted by Gasteiger charge is 2.49. The SMILES string of the molecule is Cc1c(F)c(F)c(C(=O)O)c(C2=C3C=CC(=[N+]4CC(C)(F)C4)C=C3P(=O)(c3ccccc3)c3cc(N4CC(F)(F)C4)ccc32)c1F. The third-order valence-corrected chi connectivity index (χ3v) is 12.0. The van der Waals surface area contributed by atoms with Gasteiger partial charge in [0.1, 0.15) is 11.4 Å². The van der Waals surface area contributed by atoms with Crippen molar-refractivity contribution in [1.29, 1.82) is 0 Å². The fourth-order valence-electron chi connectivity index (χ4n) is 6.68. The second kappa shape index (κ2) is 10.1. The summed E-state index contributed by atoms with van der Waals surface area (Å²) in [6.45, 7) is 1.34. The van der Waals surface area contributed by atoms with E-state index in [-0.39, 0.29) is 40.4 Å². The molecule has 3 aromatic rings. The second-order valence-electron chi connectivity index (χ2n) is 12.3. The van der Waals surface area contributed by atoms with Crippen molar-refractivity contribution in [2.24, 2.45) is 0 Å². The van der Waals surface area contributed by atoms with E-state index in [1.165, 1.54) is 36.1 Å². The molecule has 1 N–H and O–H groups in total. The van der Waals surface area contributed by atoms with Crippen LogP contribution in [0.3, 0.4) is 0 Å². The monoisotopic (exact) mass is 655 g/mol. The van der Waals surface area contributed by atoms with Crippen molar-refractivity contribution >= 4 is 40.7 Å². The number of aromatic carboxylic acids is 1. The largest absolute Gasteiger partial charge is 0.478 e. The molecule has 0 amide bonds. The zero-order valence-corrected chi connectivity index (χ0v) is 25.4. The van der Waals surface area contributed by atoms with Crippen LogP contribution in [-0.4, -0.2) is 59.1 Å². The van der Waals surface area contributed by atoms with Gasteiger partial charge in [0, 0.05) is 50.5 Å². The molecule has 46 heavy (non-hydrogen) atoms. The lowest BCUT2D eigenvalue weighted by atomic mass is 9.85. The molecule has 7 rings (SSSR count). The van der Waals surface area contributed by atoms with Crippen LogP contribution in [0, 0.1) is 24.4 Å². The van der Waals surface area contributed by atoms with Gasteiger partial charge in [-0.1, -0.05) is 36.4 Å². The molecule has 12 heteroatoms. The standard InChI is InChI=1S/C34H25F6N2O3P/c1-18-29(35)27(28(32(43)44)31(37)30(18)36)26-22-10-8-19(41-14-33(2,38)15-41)12-24(22)46(45,21-6-4-3-5-7-21)25-13-20(9-11-23(25)26)42-16-34(39,40)17-42/h3-13H,14-17H2,1-2H3/p+1. The van der Waals surface area contributed by atoms with E-state index in [0.717, 1.165) is 6.92 Å². The fourth-order valence-corrected chi connectivity index (χ4v) is 9.76. The topological polar surface area (TPSA) is 60.6 Å². The fraction of sp³-hybridized carbons (Fsp3) is 0.235. The zero-order valence-electron chi connectivity index (χ0n) is 24.6. The van der Waals surface area contributed by atoms with Crippen molar-refractivity contribution < 1.29 is 45.4 Å². The molecule has 3 heterocycles. The number of hydrogen-bond acceptors (Lipinski definition) is 3. The Balaban J connectivity index is 1.60. The summed E-state index contributed by atoms with van der Waals surface area (Å²) in [5.41, 5.74) is -3.34. The van der Waals surface area contributed by atoms with Crippen LogP contribution in [-0.2, 0) is 4.57 Å². The average molecular weight is 656 g/mol. The average Bonchev–Trinajstić information content (AvgIpc) is 3.00. The number of benzene rings is 3. The molecule has 4 aliphatic rings. The first-order valence-electron chi connectivity index (χ1n) is 14.4. The van der Waals surface area contributed by atoms with Gasteiger partial charge in [0.2, 0.25) is 11.4 Å². The number of halogens is 6. The van der Waals surface area contributed by atoms with Crippen LogP contribution in [0.4, 0.5) is 32.0 Å². The quantitative estimate of drug-likeness (QED) is 0.154. The minimum atomic E-state index is -3.95. The summed E-state index contributed by atoms with van der Waals surface area (Å²) in [7, 11) is -3.95. The highest BCUT2D eigenvalue weighted by Crippen LogP contribution is 2.62. The van der Waals surface area contributed by atoms with Crippen LogP contribution in [0.25, 0.3) is 5.57 Å². The van der Waals surface area contributed by atoms with Crippen molar-refractivity contribution in [2.45, 2.75) is 25.4 Å². The number of anilines is 1. The Hall–Kier alpha value is -4.37. The smallest absolute Gasteiger partial charge is 0.339 e. The summed E-state index contributed by atoms with van der Waals surface area (Å²) in [6.07, 6.45) is 4.66. The number of allylic oxidation sites excluding steroid dienone is 5. The van der Waals surface area contributed by atoms with Crippen molar-refractivity contribution in [3.8, 4) is 0 Å². The van der Waals surface area contributed by atoms with Gasteiger partial charge in [-0.25, -0.2) is 35.7 Å². The van der Waals surface area contributed by atoms with Crippen LogP contribution in [0.15, 0.2) is 77.6 Å². The van der Waals surface area contributed by atoms with Gasteiger partial charge >= 0.3 is 5.97 Å². The lowest BCUT2D eigenvalue weighted by molar-refractivity contribution is -0.619. The number of carboxylic acid groups (broad SMARTS) is 1. The van der Waals surface area contributed by atoms with E-state index in [1.807, 2.05) is 0 Å². The summed E-state index contributed by atoms with van der Waals surface area (Å²) in [4.78, 5) is 13.8. The van der Waals surface area contributed by atoms with Crippen LogP contribution >= 0.6 is 7.14 Å². The third kappa shape index (κ3) is 4.42. The highest BCUT2D eigenvalue weighted by molar-refractivity contribution is 7.83. The van der Waals surface area contributed by atoms with E-state index >= 15 is 13.3 Å². The maximum Gasteiger partial charge on any atom is 0.339 e. The third-order valence-electron chi connectivity index (χ3n) is 8.92. The number of carbonyl (C=O) groups is 1. The van der Waals surface area contributed by atoms with Crippen molar-refractivity contribution in [2.75, 3.05) is 31.1 Å². The number of nitrogens with zero attached hydrogens (tertiary/aromatic N) is 2. The van der Waals surface area contributed by atoms with Gasteiger partial charge in [-0.05, 0) is 43.2 Å². The maximum atomic E-state index is 16.2. The number of hydrogen-bond donors (Lipinski definition) is 1. The van der Waals surface area contributed by atoms with E-state index in [1.54, 1.807) is 47.1 Å². The molecule has 236 valence electrons. The molecule has 2 fully saturated rings. The Labute approximate surface area is 259 Å². The van der Waals surface area contributed by atoms with Gasteiger partial charge < -0.3 is 14.6 Å². The van der Waals surface area contributed by atoms with Gasteiger partial charge in [0.05, 0.1) is 13.1 Å². The molecule has 2 saturated heterocycles. The molecule has 3 aromatic carbocycles. The van der Waals surface area contributed by atoms with Gasteiger partial charge in [0.25, 0.3) is 5.92 Å². The molecule has 3 aliphatic heterocycles. The Bertz CT molecular complexity index is 2050. The van der Waals surface area contributed by atoms with Crippen LogP contribution < -0.4 is 15.5 Å². The first-order valence-corrected chi connectivity index (χ1v) is 16.1. The Morgan fingerprint density at radius 2 is 1.63 bits per heavy atom. The van der Waals surface area contributed by atoms with E-state index in [9.17, 15) is 27.5 Å². The van der Waals surface area contributed by atoms with Gasteiger partial charge in [-0.3, -0.25) is 0 Å². The summed E-state index contributed by atoms with van der Waals surface area (Å²) >= 11 is 0. The molecule has 0 aromatic heterocycles. The molecule has 1 unspecified atom stereocenters. The Morgan fingerprint density at radius 1 is 0.957 bits per heavy atom. The number of alkyl halides is 3. The normalized spacial score (nSPS) is 24.6. The number of rotatable bonds is 4. The molecule has 0 bridgehead atoms. The Kier molecular flexibility index (Phi) is 6.63. The van der Waals surface area contributed by atoms with E-state index in [2.05, 4.69) is 0 Å². The summed E-state index contributed by atoms with van der Waals surface area (Å²) in [5.74, 6) is -9.57. The highest BCUT2D eigenvalue weighted by atomic mass is 31.2. The molecule has 0 radical (unpaired) electrons. The number of carboxylic acids is 1. The van der Waals surface area contributed by atoms with Crippen molar-refractivity contribution in [3.05, 3.63) is 117 Å². The first-order chi connectivity index (χ1) is 21.6. The molecule has 1 atom stereocenters. The molecule has 5 nitrogen and oxygen atoms in total. The summed E-state index contributed by atoms with van der Waals surface area (Å²) in [5, 5.41) is 10.6. The minimum Gasteiger partial charge on any atom is -0.478 e. The van der Waals surface area contributed by atoms with E-state index < -0.39 is 71.9 Å². The first kappa shape index (κ1) is 30.3. The zero-order chi connectivity index (χ0) is 32.9. The number of fused-ring (bicyclic) bond motifs is 2. The van der Waals surface area contributed by atoms with Gasteiger partial charge in [-0.15, -0.1) is 0 Å². The van der Waals surface area contributed by atoms with E-state index in [4.69, 9.17) is 0 Å². The predicted octanol–water partition coefficient (Wildman–Crippen LogP) is 6.34.